The molecule has 1 aromatic carbocycles. The van der Waals surface area contributed by atoms with Crippen LogP contribution in [0, 0.1) is 5.82 Å². The summed E-state index contributed by atoms with van der Waals surface area (Å²) in [6, 6.07) is 3.50. The molecule has 20 heavy (non-hydrogen) atoms. The standard InChI is InChI=1S/C13H9BrF4N2/c14-8-3-7(4-9(15)5-8)12(19)10-6-20-2-1-11(10)13(16,17)18/h1-6,12H,19H2. The lowest BCUT2D eigenvalue weighted by Gasteiger charge is -2.18. The van der Waals surface area contributed by atoms with Crippen LogP contribution in [0.3, 0.4) is 0 Å². The van der Waals surface area contributed by atoms with E-state index >= 15 is 0 Å². The topological polar surface area (TPSA) is 38.9 Å². The van der Waals surface area contributed by atoms with E-state index in [1.165, 1.54) is 12.1 Å². The maximum absolute atomic E-state index is 13.3. The summed E-state index contributed by atoms with van der Waals surface area (Å²) in [5.74, 6) is -0.581. The van der Waals surface area contributed by atoms with Crippen molar-refractivity contribution in [1.29, 1.82) is 0 Å². The van der Waals surface area contributed by atoms with Gasteiger partial charge in [-0.25, -0.2) is 4.39 Å². The second-order valence-corrected chi connectivity index (χ2v) is 5.06. The van der Waals surface area contributed by atoms with Crippen LogP contribution in [0.5, 0.6) is 0 Å². The number of rotatable bonds is 2. The van der Waals surface area contributed by atoms with E-state index in [1.54, 1.807) is 0 Å². The molecule has 1 atom stereocenters. The van der Waals surface area contributed by atoms with Crippen LogP contribution in [0.2, 0.25) is 0 Å². The Morgan fingerprint density at radius 2 is 1.90 bits per heavy atom. The molecule has 0 fully saturated rings. The maximum Gasteiger partial charge on any atom is 0.416 e. The van der Waals surface area contributed by atoms with Crippen LogP contribution in [0.4, 0.5) is 17.6 Å². The van der Waals surface area contributed by atoms with Crippen molar-refractivity contribution in [3.63, 3.8) is 0 Å². The lowest BCUT2D eigenvalue weighted by molar-refractivity contribution is -0.138. The molecule has 0 aliphatic heterocycles. The predicted molar refractivity (Wildman–Crippen MR) is 69.4 cm³/mol. The first-order chi connectivity index (χ1) is 9.29. The number of hydrogen-bond acceptors (Lipinski definition) is 2. The van der Waals surface area contributed by atoms with Crippen LogP contribution in [0.15, 0.2) is 41.1 Å². The van der Waals surface area contributed by atoms with Crippen molar-refractivity contribution in [3.05, 3.63) is 63.6 Å². The van der Waals surface area contributed by atoms with Gasteiger partial charge in [0.2, 0.25) is 0 Å². The summed E-state index contributed by atoms with van der Waals surface area (Å²) in [7, 11) is 0. The largest absolute Gasteiger partial charge is 0.416 e. The molecule has 0 aliphatic carbocycles. The van der Waals surface area contributed by atoms with E-state index in [0.29, 0.717) is 4.47 Å². The van der Waals surface area contributed by atoms with E-state index in [0.717, 1.165) is 24.5 Å². The van der Waals surface area contributed by atoms with E-state index in [-0.39, 0.29) is 11.1 Å². The van der Waals surface area contributed by atoms with Crippen LogP contribution in [-0.4, -0.2) is 4.98 Å². The quantitative estimate of drug-likeness (QED) is 0.831. The average molecular weight is 349 g/mol. The van der Waals surface area contributed by atoms with Crippen molar-refractivity contribution >= 4 is 15.9 Å². The summed E-state index contributed by atoms with van der Waals surface area (Å²) in [6.07, 6.45) is -2.45. The molecule has 1 unspecified atom stereocenters. The summed E-state index contributed by atoms with van der Waals surface area (Å²) in [5.41, 5.74) is 4.98. The third-order valence-electron chi connectivity index (χ3n) is 2.74. The first-order valence-corrected chi connectivity index (χ1v) is 6.31. The van der Waals surface area contributed by atoms with Crippen molar-refractivity contribution in [2.75, 3.05) is 0 Å². The molecular formula is C13H9BrF4N2. The third kappa shape index (κ3) is 3.16. The first-order valence-electron chi connectivity index (χ1n) is 5.51. The van der Waals surface area contributed by atoms with Crippen LogP contribution in [0.25, 0.3) is 0 Å². The molecule has 1 heterocycles. The van der Waals surface area contributed by atoms with Gasteiger partial charge in [-0.2, -0.15) is 13.2 Å². The normalized spacial score (nSPS) is 13.3. The minimum Gasteiger partial charge on any atom is -0.320 e. The summed E-state index contributed by atoms with van der Waals surface area (Å²) in [4.78, 5) is 3.66. The van der Waals surface area contributed by atoms with Gasteiger partial charge in [0.25, 0.3) is 0 Å². The fourth-order valence-corrected chi connectivity index (χ4v) is 2.33. The van der Waals surface area contributed by atoms with Crippen LogP contribution < -0.4 is 5.73 Å². The zero-order valence-electron chi connectivity index (χ0n) is 9.96. The van der Waals surface area contributed by atoms with Gasteiger partial charge in [-0.05, 0) is 29.8 Å². The molecule has 1 aromatic heterocycles. The zero-order valence-corrected chi connectivity index (χ0v) is 11.5. The Kier molecular flexibility index (Phi) is 4.10. The van der Waals surface area contributed by atoms with Gasteiger partial charge in [0, 0.05) is 22.4 Å². The first kappa shape index (κ1) is 14.9. The van der Waals surface area contributed by atoms with Gasteiger partial charge in [-0.3, -0.25) is 4.98 Å². The van der Waals surface area contributed by atoms with Gasteiger partial charge in [-0.1, -0.05) is 15.9 Å². The van der Waals surface area contributed by atoms with E-state index in [2.05, 4.69) is 20.9 Å². The molecule has 2 aromatic rings. The zero-order chi connectivity index (χ0) is 14.9. The number of halogens is 5. The SMILES string of the molecule is NC(c1cc(F)cc(Br)c1)c1cnccc1C(F)(F)F. The maximum atomic E-state index is 13.3. The summed E-state index contributed by atoms with van der Waals surface area (Å²) in [6.45, 7) is 0. The highest BCUT2D eigenvalue weighted by Crippen LogP contribution is 2.35. The predicted octanol–water partition coefficient (Wildman–Crippen LogP) is 4.05. The van der Waals surface area contributed by atoms with Crippen molar-refractivity contribution < 1.29 is 17.6 Å². The van der Waals surface area contributed by atoms with Gasteiger partial charge < -0.3 is 5.73 Å². The Hall–Kier alpha value is -1.47. The third-order valence-corrected chi connectivity index (χ3v) is 3.19. The van der Waals surface area contributed by atoms with Crippen molar-refractivity contribution in [1.82, 2.24) is 4.98 Å². The van der Waals surface area contributed by atoms with Crippen LogP contribution >= 0.6 is 15.9 Å². The number of nitrogens with two attached hydrogens (primary N) is 1. The highest BCUT2D eigenvalue weighted by atomic mass is 79.9. The van der Waals surface area contributed by atoms with Crippen LogP contribution in [0.1, 0.15) is 22.7 Å². The Bertz CT molecular complexity index is 608. The molecule has 106 valence electrons. The van der Waals surface area contributed by atoms with E-state index < -0.39 is 23.6 Å². The molecule has 0 aliphatic rings. The Morgan fingerprint density at radius 1 is 1.20 bits per heavy atom. The Labute approximate surface area is 120 Å². The highest BCUT2D eigenvalue weighted by molar-refractivity contribution is 9.10. The molecular weight excluding hydrogens is 340 g/mol. The Morgan fingerprint density at radius 3 is 2.50 bits per heavy atom. The number of aromatic nitrogens is 1. The van der Waals surface area contributed by atoms with Gasteiger partial charge in [-0.15, -0.1) is 0 Å². The van der Waals surface area contributed by atoms with E-state index in [1.807, 2.05) is 0 Å². The fraction of sp³-hybridized carbons (Fsp3) is 0.154. The van der Waals surface area contributed by atoms with Gasteiger partial charge in [0.15, 0.2) is 0 Å². The molecule has 0 bridgehead atoms. The molecule has 2 N–H and O–H groups in total. The number of alkyl halides is 3. The lowest BCUT2D eigenvalue weighted by atomic mass is 9.96. The molecule has 0 saturated carbocycles. The number of nitrogens with zero attached hydrogens (tertiary/aromatic N) is 1. The number of pyridine rings is 1. The Balaban J connectivity index is 2.51. The summed E-state index contributed by atoms with van der Waals surface area (Å²) >= 11 is 3.08. The minimum absolute atomic E-state index is 0.197. The monoisotopic (exact) mass is 348 g/mol. The average Bonchev–Trinajstić information content (AvgIpc) is 2.35. The van der Waals surface area contributed by atoms with Crippen molar-refractivity contribution in [2.45, 2.75) is 12.2 Å². The van der Waals surface area contributed by atoms with Crippen molar-refractivity contribution in [2.24, 2.45) is 5.73 Å². The lowest BCUT2D eigenvalue weighted by Crippen LogP contribution is -2.19. The molecule has 0 radical (unpaired) electrons. The van der Waals surface area contributed by atoms with E-state index in [4.69, 9.17) is 5.73 Å². The van der Waals surface area contributed by atoms with Gasteiger partial charge in [0.1, 0.15) is 5.82 Å². The van der Waals surface area contributed by atoms with Gasteiger partial charge >= 0.3 is 6.18 Å². The number of benzene rings is 1. The van der Waals surface area contributed by atoms with Crippen molar-refractivity contribution in [3.8, 4) is 0 Å². The molecule has 7 heteroatoms. The fourth-order valence-electron chi connectivity index (χ4n) is 1.85. The molecule has 2 nitrogen and oxygen atoms in total. The number of hydrogen-bond donors (Lipinski definition) is 1. The van der Waals surface area contributed by atoms with Crippen LogP contribution in [-0.2, 0) is 6.18 Å². The van der Waals surface area contributed by atoms with Gasteiger partial charge in [0.05, 0.1) is 11.6 Å². The molecule has 2 rings (SSSR count). The second kappa shape index (κ2) is 5.49. The second-order valence-electron chi connectivity index (χ2n) is 4.14. The molecule has 0 saturated heterocycles. The smallest absolute Gasteiger partial charge is 0.320 e. The van der Waals surface area contributed by atoms with E-state index in [9.17, 15) is 17.6 Å². The molecule has 0 amide bonds. The minimum atomic E-state index is -4.54. The summed E-state index contributed by atoms with van der Waals surface area (Å²) in [5, 5.41) is 0. The highest BCUT2D eigenvalue weighted by Gasteiger charge is 2.35. The summed E-state index contributed by atoms with van der Waals surface area (Å²) < 4.78 is 52.5. The molecule has 0 spiro atoms.